The number of hydrogen-bond donors (Lipinski definition) is 0. The topological polar surface area (TPSA) is 96.0 Å². The normalized spacial score (nSPS) is 20.2. The van der Waals surface area contributed by atoms with Crippen molar-refractivity contribution >= 4 is 23.7 Å². The second kappa shape index (κ2) is 16.4. The van der Waals surface area contributed by atoms with Crippen LogP contribution in [0.2, 0.25) is 0 Å². The summed E-state index contributed by atoms with van der Waals surface area (Å²) in [5, 5.41) is 0. The van der Waals surface area contributed by atoms with Gasteiger partial charge in [0.1, 0.15) is 12.2 Å². The molecule has 7 heteroatoms. The third kappa shape index (κ3) is 9.47. The Balaban J connectivity index is 1.75. The van der Waals surface area contributed by atoms with Crippen molar-refractivity contribution in [2.75, 3.05) is 7.11 Å². The first-order chi connectivity index (χ1) is 19.4. The summed E-state index contributed by atoms with van der Waals surface area (Å²) in [5.74, 6) is -1.44. The maximum Gasteiger partial charge on any atom is 0.338 e. The number of carbonyl (C=O) groups excluding carboxylic acids is 4. The van der Waals surface area contributed by atoms with Gasteiger partial charge >= 0.3 is 17.9 Å². The summed E-state index contributed by atoms with van der Waals surface area (Å²) in [5.41, 5.74) is 0.910. The standard InChI is InChI=1S/C33H40O7/c1-3-26(34)21-22-28-27(19-13-5-4-6-14-20-31(35)38-2)29(39-32(36)24-15-9-7-10-16-24)23-30(28)40-33(37)25-17-11-8-12-18-25/h7-12,15-18,21-22,27-30H,3-6,13-14,19-20,23H2,1-2H3/b22-21+/t27-,28+,29+,30-/m0/s1. The number of methoxy groups -OCH3 is 1. The molecule has 0 radical (unpaired) electrons. The monoisotopic (exact) mass is 548 g/mol. The van der Waals surface area contributed by atoms with Crippen LogP contribution in [0.4, 0.5) is 0 Å². The number of allylic oxidation sites excluding steroid dienone is 1. The minimum absolute atomic E-state index is 0.0118. The van der Waals surface area contributed by atoms with E-state index in [1.807, 2.05) is 18.2 Å². The first-order valence-electron chi connectivity index (χ1n) is 14.2. The van der Waals surface area contributed by atoms with E-state index in [2.05, 4.69) is 0 Å². The van der Waals surface area contributed by atoms with Gasteiger partial charge in [0.25, 0.3) is 0 Å². The lowest BCUT2D eigenvalue weighted by Gasteiger charge is -2.24. The molecule has 0 unspecified atom stereocenters. The Bertz CT molecular complexity index is 1130. The molecule has 40 heavy (non-hydrogen) atoms. The second-order valence-electron chi connectivity index (χ2n) is 10.2. The predicted octanol–water partition coefficient (Wildman–Crippen LogP) is 6.51. The van der Waals surface area contributed by atoms with Crippen LogP contribution in [-0.2, 0) is 23.8 Å². The first kappa shape index (κ1) is 30.8. The van der Waals surface area contributed by atoms with Gasteiger partial charge in [-0.3, -0.25) is 9.59 Å². The van der Waals surface area contributed by atoms with Gasteiger partial charge in [0, 0.05) is 31.1 Å². The second-order valence-corrected chi connectivity index (χ2v) is 10.2. The number of rotatable bonds is 15. The molecule has 1 aliphatic carbocycles. The van der Waals surface area contributed by atoms with Crippen LogP contribution >= 0.6 is 0 Å². The third-order valence-electron chi connectivity index (χ3n) is 7.40. The van der Waals surface area contributed by atoms with E-state index in [0.717, 1.165) is 38.5 Å². The van der Waals surface area contributed by atoms with Crippen LogP contribution in [-0.4, -0.2) is 43.0 Å². The summed E-state index contributed by atoms with van der Waals surface area (Å²) in [4.78, 5) is 49.5. The lowest BCUT2D eigenvalue weighted by molar-refractivity contribution is -0.140. The molecule has 0 saturated heterocycles. The zero-order valence-corrected chi connectivity index (χ0v) is 23.5. The Kier molecular flexibility index (Phi) is 12.6. The molecule has 0 bridgehead atoms. The zero-order valence-electron chi connectivity index (χ0n) is 23.5. The van der Waals surface area contributed by atoms with Gasteiger partial charge in [-0.15, -0.1) is 0 Å². The van der Waals surface area contributed by atoms with E-state index in [1.54, 1.807) is 61.5 Å². The van der Waals surface area contributed by atoms with Gasteiger partial charge in [0.15, 0.2) is 5.78 Å². The highest BCUT2D eigenvalue weighted by atomic mass is 16.6. The summed E-state index contributed by atoms with van der Waals surface area (Å²) in [7, 11) is 1.40. The number of benzene rings is 2. The number of carbonyl (C=O) groups is 4. The molecule has 1 saturated carbocycles. The Hall–Kier alpha value is -3.74. The molecule has 7 nitrogen and oxygen atoms in total. The molecule has 3 rings (SSSR count). The SMILES string of the molecule is CCC(=O)/C=C/[C@@H]1[C@H](CCCCCCCC(=O)OC)[C@H](OC(=O)c2ccccc2)C[C@@H]1OC(=O)c1ccccc1. The highest BCUT2D eigenvalue weighted by Crippen LogP contribution is 2.41. The van der Waals surface area contributed by atoms with Crippen LogP contribution in [0.3, 0.4) is 0 Å². The molecule has 0 heterocycles. The van der Waals surface area contributed by atoms with Crippen molar-refractivity contribution in [3.63, 3.8) is 0 Å². The third-order valence-corrected chi connectivity index (χ3v) is 7.40. The predicted molar refractivity (Wildman–Crippen MR) is 152 cm³/mol. The molecule has 1 aliphatic rings. The van der Waals surface area contributed by atoms with Crippen molar-refractivity contribution in [3.05, 3.63) is 83.9 Å². The largest absolute Gasteiger partial charge is 0.469 e. The van der Waals surface area contributed by atoms with Crippen LogP contribution in [0.5, 0.6) is 0 Å². The number of ketones is 1. The first-order valence-corrected chi connectivity index (χ1v) is 14.2. The molecule has 0 aliphatic heterocycles. The minimum atomic E-state index is -0.535. The van der Waals surface area contributed by atoms with Crippen molar-refractivity contribution in [2.24, 2.45) is 11.8 Å². The van der Waals surface area contributed by atoms with Crippen molar-refractivity contribution in [2.45, 2.75) is 76.9 Å². The Morgan fingerprint density at radius 1 is 0.775 bits per heavy atom. The molecular weight excluding hydrogens is 508 g/mol. The molecule has 0 amide bonds. The summed E-state index contributed by atoms with van der Waals surface area (Å²) in [6, 6.07) is 17.6. The smallest absolute Gasteiger partial charge is 0.338 e. The van der Waals surface area contributed by atoms with Crippen LogP contribution in [0.25, 0.3) is 0 Å². The maximum absolute atomic E-state index is 13.0. The van der Waals surface area contributed by atoms with E-state index in [0.29, 0.717) is 30.4 Å². The Labute approximate surface area is 236 Å². The van der Waals surface area contributed by atoms with E-state index >= 15 is 0 Å². The molecule has 0 spiro atoms. The number of ether oxygens (including phenoxy) is 3. The molecule has 2 aromatic carbocycles. The summed E-state index contributed by atoms with van der Waals surface area (Å²) in [6.07, 6.45) is 8.83. The average molecular weight is 549 g/mol. The lowest BCUT2D eigenvalue weighted by Crippen LogP contribution is -2.26. The molecule has 0 aromatic heterocycles. The average Bonchev–Trinajstić information content (AvgIpc) is 3.30. The van der Waals surface area contributed by atoms with E-state index in [-0.39, 0.29) is 23.6 Å². The van der Waals surface area contributed by atoms with Gasteiger partial charge in [-0.1, -0.05) is 75.1 Å². The van der Waals surface area contributed by atoms with E-state index in [4.69, 9.17) is 14.2 Å². The van der Waals surface area contributed by atoms with Gasteiger partial charge in [-0.25, -0.2) is 9.59 Å². The molecule has 1 fully saturated rings. The summed E-state index contributed by atoms with van der Waals surface area (Å²) in [6.45, 7) is 1.80. The Morgan fingerprint density at radius 2 is 1.32 bits per heavy atom. The van der Waals surface area contributed by atoms with E-state index in [1.165, 1.54) is 7.11 Å². The minimum Gasteiger partial charge on any atom is -0.469 e. The fourth-order valence-electron chi connectivity index (χ4n) is 5.17. The molecule has 0 N–H and O–H groups in total. The highest BCUT2D eigenvalue weighted by Gasteiger charge is 2.46. The Morgan fingerprint density at radius 3 is 1.90 bits per heavy atom. The summed E-state index contributed by atoms with van der Waals surface area (Å²) >= 11 is 0. The molecular formula is C33H40O7. The van der Waals surface area contributed by atoms with Crippen molar-refractivity contribution in [1.82, 2.24) is 0 Å². The maximum atomic E-state index is 13.0. The van der Waals surface area contributed by atoms with Crippen molar-refractivity contribution in [1.29, 1.82) is 0 Å². The van der Waals surface area contributed by atoms with E-state index in [9.17, 15) is 19.2 Å². The van der Waals surface area contributed by atoms with Gasteiger partial charge in [0.05, 0.1) is 18.2 Å². The quantitative estimate of drug-likeness (QED) is 0.108. The summed E-state index contributed by atoms with van der Waals surface area (Å²) < 4.78 is 16.7. The van der Waals surface area contributed by atoms with Crippen molar-refractivity contribution in [3.8, 4) is 0 Å². The number of esters is 3. The molecule has 2 aromatic rings. The van der Waals surface area contributed by atoms with Gasteiger partial charge < -0.3 is 14.2 Å². The lowest BCUT2D eigenvalue weighted by atomic mass is 9.87. The van der Waals surface area contributed by atoms with E-state index < -0.39 is 24.1 Å². The number of unbranched alkanes of at least 4 members (excludes halogenated alkanes) is 4. The highest BCUT2D eigenvalue weighted by molar-refractivity contribution is 5.90. The van der Waals surface area contributed by atoms with Crippen LogP contribution in [0.1, 0.15) is 85.4 Å². The molecule has 214 valence electrons. The van der Waals surface area contributed by atoms with Gasteiger partial charge in [-0.2, -0.15) is 0 Å². The number of hydrogen-bond acceptors (Lipinski definition) is 7. The van der Waals surface area contributed by atoms with Crippen LogP contribution in [0, 0.1) is 11.8 Å². The fourth-order valence-corrected chi connectivity index (χ4v) is 5.17. The molecule has 4 atom stereocenters. The van der Waals surface area contributed by atoms with Crippen molar-refractivity contribution < 1.29 is 33.4 Å². The van der Waals surface area contributed by atoms with Gasteiger partial charge in [-0.05, 0) is 43.2 Å². The fraction of sp³-hybridized carbons (Fsp3) is 0.455. The van der Waals surface area contributed by atoms with Crippen LogP contribution < -0.4 is 0 Å². The van der Waals surface area contributed by atoms with Gasteiger partial charge in [0.2, 0.25) is 0 Å². The zero-order chi connectivity index (χ0) is 28.7. The van der Waals surface area contributed by atoms with Crippen LogP contribution in [0.15, 0.2) is 72.8 Å².